The van der Waals surface area contributed by atoms with Gasteiger partial charge in [0.15, 0.2) is 0 Å². The normalized spacial score (nSPS) is 12.2. The van der Waals surface area contributed by atoms with Crippen LogP contribution in [0.4, 0.5) is 0 Å². The van der Waals surface area contributed by atoms with Crippen LogP contribution in [0.1, 0.15) is 26.3 Å². The SMILES string of the molecule is CC(C)(C)NC(=NCc1ccccc1)P(c1ccccc1)c1ccccc1. The smallest absolute Gasteiger partial charge is 0.129 e. The van der Waals surface area contributed by atoms with Crippen LogP contribution in [0.25, 0.3) is 0 Å². The Morgan fingerprint density at radius 2 is 1.19 bits per heavy atom. The van der Waals surface area contributed by atoms with Crippen molar-refractivity contribution in [2.24, 2.45) is 4.99 Å². The molecule has 0 aliphatic carbocycles. The first-order chi connectivity index (χ1) is 13.0. The molecule has 0 spiro atoms. The summed E-state index contributed by atoms with van der Waals surface area (Å²) in [6.07, 6.45) is 0. The van der Waals surface area contributed by atoms with Crippen molar-refractivity contribution in [1.82, 2.24) is 5.32 Å². The summed E-state index contributed by atoms with van der Waals surface area (Å²) in [5.41, 5.74) is 2.24. The molecular formula is C24H27N2P. The molecule has 0 unspecified atom stereocenters. The Balaban J connectivity index is 2.04. The molecule has 0 bridgehead atoms. The predicted octanol–water partition coefficient (Wildman–Crippen LogP) is 5.06. The maximum Gasteiger partial charge on any atom is 0.129 e. The van der Waals surface area contributed by atoms with Crippen LogP contribution in [0.3, 0.4) is 0 Å². The van der Waals surface area contributed by atoms with Crippen molar-refractivity contribution in [1.29, 1.82) is 0 Å². The van der Waals surface area contributed by atoms with E-state index in [0.29, 0.717) is 6.54 Å². The Morgan fingerprint density at radius 1 is 0.741 bits per heavy atom. The lowest BCUT2D eigenvalue weighted by molar-refractivity contribution is 0.514. The fourth-order valence-electron chi connectivity index (χ4n) is 2.80. The number of aliphatic imine (C=N–C) groups is 1. The quantitative estimate of drug-likeness (QED) is 0.377. The van der Waals surface area contributed by atoms with Crippen LogP contribution in [0.2, 0.25) is 0 Å². The number of nitrogens with one attached hydrogen (secondary N) is 1. The van der Waals surface area contributed by atoms with E-state index in [1.807, 2.05) is 6.07 Å². The van der Waals surface area contributed by atoms with Gasteiger partial charge in [-0.25, -0.2) is 0 Å². The summed E-state index contributed by atoms with van der Waals surface area (Å²) in [6.45, 7) is 7.25. The number of rotatable bonds is 5. The third-order valence-electron chi connectivity index (χ3n) is 3.98. The first-order valence-electron chi connectivity index (χ1n) is 9.30. The van der Waals surface area contributed by atoms with Crippen molar-refractivity contribution in [3.05, 3.63) is 96.6 Å². The van der Waals surface area contributed by atoms with Gasteiger partial charge in [0, 0.05) is 13.5 Å². The Hall–Kier alpha value is -2.44. The van der Waals surface area contributed by atoms with Crippen molar-refractivity contribution in [3.63, 3.8) is 0 Å². The molecule has 3 rings (SSSR count). The minimum absolute atomic E-state index is 0.0559. The first-order valence-corrected chi connectivity index (χ1v) is 10.6. The second-order valence-corrected chi connectivity index (χ2v) is 9.63. The highest BCUT2D eigenvalue weighted by atomic mass is 31.1. The van der Waals surface area contributed by atoms with Crippen LogP contribution >= 0.6 is 7.92 Å². The van der Waals surface area contributed by atoms with Gasteiger partial charge in [-0.3, -0.25) is 4.99 Å². The molecule has 3 heteroatoms. The van der Waals surface area contributed by atoms with Crippen LogP contribution in [-0.2, 0) is 6.54 Å². The molecule has 1 N–H and O–H groups in total. The zero-order valence-electron chi connectivity index (χ0n) is 16.3. The summed E-state index contributed by atoms with van der Waals surface area (Å²) in [4.78, 5) is 5.07. The molecule has 0 aliphatic rings. The van der Waals surface area contributed by atoms with Crippen molar-refractivity contribution in [3.8, 4) is 0 Å². The van der Waals surface area contributed by atoms with E-state index < -0.39 is 7.92 Å². The van der Waals surface area contributed by atoms with Crippen molar-refractivity contribution in [2.45, 2.75) is 32.9 Å². The van der Waals surface area contributed by atoms with E-state index in [1.165, 1.54) is 16.2 Å². The predicted molar refractivity (Wildman–Crippen MR) is 120 cm³/mol. The molecule has 27 heavy (non-hydrogen) atoms. The lowest BCUT2D eigenvalue weighted by Crippen LogP contribution is -2.42. The monoisotopic (exact) mass is 374 g/mol. The van der Waals surface area contributed by atoms with Crippen LogP contribution in [0.5, 0.6) is 0 Å². The maximum atomic E-state index is 5.07. The third-order valence-corrected chi connectivity index (χ3v) is 6.29. The fourth-order valence-corrected chi connectivity index (χ4v) is 5.19. The van der Waals surface area contributed by atoms with Gasteiger partial charge in [0.05, 0.1) is 6.54 Å². The van der Waals surface area contributed by atoms with Gasteiger partial charge in [0.25, 0.3) is 0 Å². The number of nitrogens with zero attached hydrogens (tertiary/aromatic N) is 1. The summed E-state index contributed by atoms with van der Waals surface area (Å²) < 4.78 is 0. The van der Waals surface area contributed by atoms with Crippen molar-refractivity contribution in [2.75, 3.05) is 0 Å². The summed E-state index contributed by atoms with van der Waals surface area (Å²) in [5, 5.41) is 6.32. The molecule has 0 saturated carbocycles. The largest absolute Gasteiger partial charge is 0.365 e. The maximum absolute atomic E-state index is 5.07. The molecule has 2 nitrogen and oxygen atoms in total. The van der Waals surface area contributed by atoms with Gasteiger partial charge in [0.2, 0.25) is 0 Å². The molecule has 0 fully saturated rings. The molecular weight excluding hydrogens is 347 g/mol. The van der Waals surface area contributed by atoms with Gasteiger partial charge in [-0.1, -0.05) is 91.0 Å². The number of hydrogen-bond donors (Lipinski definition) is 1. The third kappa shape index (κ3) is 5.77. The molecule has 0 aromatic heterocycles. The van der Waals surface area contributed by atoms with E-state index in [4.69, 9.17) is 4.99 Å². The fraction of sp³-hybridized carbons (Fsp3) is 0.208. The molecule has 0 atom stereocenters. The molecule has 0 radical (unpaired) electrons. The second kappa shape index (κ2) is 8.97. The molecule has 0 heterocycles. The summed E-state index contributed by atoms with van der Waals surface area (Å²) in [7, 11) is -0.736. The number of amidine groups is 1. The van der Waals surface area contributed by atoms with Gasteiger partial charge in [-0.2, -0.15) is 0 Å². The number of benzene rings is 3. The lowest BCUT2D eigenvalue weighted by atomic mass is 10.1. The second-order valence-electron chi connectivity index (χ2n) is 7.51. The minimum atomic E-state index is -0.736. The van der Waals surface area contributed by atoms with E-state index in [1.54, 1.807) is 0 Å². The van der Waals surface area contributed by atoms with Crippen LogP contribution < -0.4 is 15.9 Å². The van der Waals surface area contributed by atoms with E-state index in [2.05, 4.69) is 111 Å². The van der Waals surface area contributed by atoms with Gasteiger partial charge in [-0.15, -0.1) is 0 Å². The zero-order chi connectivity index (χ0) is 19.1. The summed E-state index contributed by atoms with van der Waals surface area (Å²) in [5.74, 6) is 0. The minimum Gasteiger partial charge on any atom is -0.365 e. The molecule has 138 valence electrons. The average Bonchev–Trinajstić information content (AvgIpc) is 2.68. The average molecular weight is 374 g/mol. The molecule has 0 aliphatic heterocycles. The van der Waals surface area contributed by atoms with E-state index in [0.717, 1.165) is 5.58 Å². The van der Waals surface area contributed by atoms with Crippen LogP contribution in [0, 0.1) is 0 Å². The number of hydrogen-bond acceptors (Lipinski definition) is 1. The highest BCUT2D eigenvalue weighted by Crippen LogP contribution is 2.35. The molecule has 3 aromatic rings. The zero-order valence-corrected chi connectivity index (χ0v) is 17.2. The van der Waals surface area contributed by atoms with Crippen LogP contribution in [-0.4, -0.2) is 11.1 Å². The Morgan fingerprint density at radius 3 is 1.63 bits per heavy atom. The summed E-state index contributed by atoms with van der Waals surface area (Å²) in [6, 6.07) is 31.9. The van der Waals surface area contributed by atoms with Gasteiger partial charge >= 0.3 is 0 Å². The Kier molecular flexibility index (Phi) is 6.42. The van der Waals surface area contributed by atoms with E-state index in [-0.39, 0.29) is 5.54 Å². The lowest BCUT2D eigenvalue weighted by Gasteiger charge is -2.29. The molecule has 0 amide bonds. The highest BCUT2D eigenvalue weighted by Gasteiger charge is 2.24. The molecule has 3 aromatic carbocycles. The van der Waals surface area contributed by atoms with E-state index in [9.17, 15) is 0 Å². The van der Waals surface area contributed by atoms with Gasteiger partial charge in [0.1, 0.15) is 5.58 Å². The van der Waals surface area contributed by atoms with E-state index >= 15 is 0 Å². The Labute approximate surface area is 164 Å². The van der Waals surface area contributed by atoms with Gasteiger partial charge in [-0.05, 0) is 36.9 Å². The topological polar surface area (TPSA) is 24.4 Å². The molecule has 0 saturated heterocycles. The summed E-state index contributed by atoms with van der Waals surface area (Å²) >= 11 is 0. The van der Waals surface area contributed by atoms with Crippen molar-refractivity contribution < 1.29 is 0 Å². The highest BCUT2D eigenvalue weighted by molar-refractivity contribution is 7.88. The first kappa shape index (κ1) is 19.3. The van der Waals surface area contributed by atoms with Crippen LogP contribution in [0.15, 0.2) is 96.0 Å². The standard InChI is InChI=1S/C24H27N2P/c1-24(2,3)26-23(25-19-20-13-7-4-8-14-20)27(21-15-9-5-10-16-21)22-17-11-6-12-18-22/h4-18H,19H2,1-3H3,(H,25,26). The van der Waals surface area contributed by atoms with Crippen molar-refractivity contribution >= 4 is 24.1 Å². The van der Waals surface area contributed by atoms with Gasteiger partial charge < -0.3 is 5.32 Å². The Bertz CT molecular complexity index is 814.